The zero-order valence-corrected chi connectivity index (χ0v) is 17.3. The van der Waals surface area contributed by atoms with Crippen LogP contribution in [-0.4, -0.2) is 58.6 Å². The molecular weight excluding hydrogens is 374 g/mol. The molecule has 3 aliphatic rings. The lowest BCUT2D eigenvalue weighted by Gasteiger charge is -2.35. The minimum absolute atomic E-state index is 0.183. The van der Waals surface area contributed by atoms with E-state index < -0.39 is 5.54 Å². The monoisotopic (exact) mass is 401 g/mol. The fourth-order valence-electron chi connectivity index (χ4n) is 4.64. The molecule has 2 heterocycles. The normalized spacial score (nSPS) is 24.5. The number of carbonyl (C=O) groups is 3. The van der Waals surface area contributed by atoms with Crippen LogP contribution < -0.4 is 4.90 Å². The van der Waals surface area contributed by atoms with Gasteiger partial charge < -0.3 is 9.80 Å². The third-order valence-electron chi connectivity index (χ3n) is 6.32. The van der Waals surface area contributed by atoms with Crippen molar-refractivity contribution in [3.8, 4) is 0 Å². The summed E-state index contributed by atoms with van der Waals surface area (Å²) in [5, 5.41) is 0.408. The summed E-state index contributed by atoms with van der Waals surface area (Å²) < 4.78 is 0. The number of para-hydroxylation sites is 1. The number of thioether (sulfide) groups is 1. The summed E-state index contributed by atoms with van der Waals surface area (Å²) in [6.07, 6.45) is 5.24. The molecule has 0 bridgehead atoms. The van der Waals surface area contributed by atoms with Crippen LogP contribution in [-0.2, 0) is 9.59 Å². The second kappa shape index (κ2) is 7.43. The molecule has 1 atom stereocenters. The van der Waals surface area contributed by atoms with Gasteiger partial charge in [-0.15, -0.1) is 11.8 Å². The number of hydrogen-bond donors (Lipinski definition) is 0. The molecule has 1 saturated heterocycles. The molecule has 1 saturated carbocycles. The van der Waals surface area contributed by atoms with Crippen LogP contribution >= 0.6 is 11.8 Å². The summed E-state index contributed by atoms with van der Waals surface area (Å²) in [5.41, 5.74) is 0.137. The summed E-state index contributed by atoms with van der Waals surface area (Å²) in [7, 11) is 1.70. The Morgan fingerprint density at radius 3 is 2.64 bits per heavy atom. The van der Waals surface area contributed by atoms with Crippen molar-refractivity contribution >= 4 is 35.3 Å². The highest BCUT2D eigenvalue weighted by molar-refractivity contribution is 8.00. The molecule has 1 aliphatic carbocycles. The van der Waals surface area contributed by atoms with E-state index in [2.05, 4.69) is 6.92 Å². The number of carbonyl (C=O) groups excluding carboxylic acids is 3. The van der Waals surface area contributed by atoms with Crippen LogP contribution in [0.3, 0.4) is 0 Å². The van der Waals surface area contributed by atoms with E-state index in [9.17, 15) is 14.4 Å². The topological polar surface area (TPSA) is 60.9 Å². The molecule has 1 spiro atoms. The lowest BCUT2D eigenvalue weighted by atomic mass is 9.81. The first-order valence-corrected chi connectivity index (χ1v) is 11.0. The Morgan fingerprint density at radius 2 is 1.89 bits per heavy atom. The van der Waals surface area contributed by atoms with Crippen LogP contribution in [0.15, 0.2) is 29.2 Å². The van der Waals surface area contributed by atoms with E-state index in [0.29, 0.717) is 24.6 Å². The van der Waals surface area contributed by atoms with Crippen molar-refractivity contribution in [1.82, 2.24) is 9.80 Å². The van der Waals surface area contributed by atoms with E-state index in [0.717, 1.165) is 36.3 Å². The van der Waals surface area contributed by atoms with Gasteiger partial charge in [0.1, 0.15) is 12.1 Å². The van der Waals surface area contributed by atoms with Crippen molar-refractivity contribution in [2.24, 2.45) is 0 Å². The van der Waals surface area contributed by atoms with E-state index in [1.54, 1.807) is 28.6 Å². The van der Waals surface area contributed by atoms with Gasteiger partial charge in [-0.25, -0.2) is 4.79 Å². The van der Waals surface area contributed by atoms with Crippen LogP contribution in [0.1, 0.15) is 45.4 Å². The van der Waals surface area contributed by atoms with Crippen molar-refractivity contribution < 1.29 is 14.4 Å². The fourth-order valence-corrected chi connectivity index (χ4v) is 5.75. The Bertz CT molecular complexity index is 806. The lowest BCUT2D eigenvalue weighted by Crippen LogP contribution is -2.49. The average molecular weight is 402 g/mol. The molecule has 4 amide bonds. The molecule has 0 N–H and O–H groups in total. The molecule has 2 aliphatic heterocycles. The molecule has 1 aromatic rings. The number of urea groups is 1. The van der Waals surface area contributed by atoms with E-state index in [1.165, 1.54) is 4.90 Å². The summed E-state index contributed by atoms with van der Waals surface area (Å²) in [6.45, 7) is 2.57. The number of rotatable bonds is 2. The lowest BCUT2D eigenvalue weighted by molar-refractivity contribution is -0.136. The van der Waals surface area contributed by atoms with Crippen LogP contribution in [0.25, 0.3) is 0 Å². The second-order valence-electron chi connectivity index (χ2n) is 8.06. The van der Waals surface area contributed by atoms with Crippen molar-refractivity contribution in [3.63, 3.8) is 0 Å². The summed E-state index contributed by atoms with van der Waals surface area (Å²) in [5.74, 6) is -0.385. The molecule has 0 aromatic heterocycles. The molecule has 28 heavy (non-hydrogen) atoms. The van der Waals surface area contributed by atoms with Gasteiger partial charge in [0.2, 0.25) is 5.91 Å². The first-order chi connectivity index (χ1) is 13.4. The number of anilines is 1. The Balaban J connectivity index is 1.57. The maximum Gasteiger partial charge on any atom is 0.327 e. The van der Waals surface area contributed by atoms with E-state index >= 15 is 0 Å². The zero-order valence-electron chi connectivity index (χ0n) is 16.5. The van der Waals surface area contributed by atoms with E-state index in [-0.39, 0.29) is 24.4 Å². The number of fused-ring (bicyclic) bond motifs is 1. The number of likely N-dealkylation sites (N-methyl/N-ethyl adjacent to an activating group) is 1. The fraction of sp³-hybridized carbons (Fsp3) is 0.571. The predicted molar refractivity (Wildman–Crippen MR) is 109 cm³/mol. The first kappa shape index (κ1) is 19.3. The predicted octanol–water partition coefficient (Wildman–Crippen LogP) is 3.50. The van der Waals surface area contributed by atoms with Gasteiger partial charge >= 0.3 is 6.03 Å². The van der Waals surface area contributed by atoms with Gasteiger partial charge in [-0.05, 0) is 31.4 Å². The smallest absolute Gasteiger partial charge is 0.313 e. The highest BCUT2D eigenvalue weighted by Crippen LogP contribution is 2.40. The minimum Gasteiger partial charge on any atom is -0.313 e. The van der Waals surface area contributed by atoms with Gasteiger partial charge in [-0.3, -0.25) is 14.5 Å². The van der Waals surface area contributed by atoms with Crippen molar-refractivity contribution in [2.75, 3.05) is 25.0 Å². The number of amides is 4. The molecule has 4 rings (SSSR count). The average Bonchev–Trinajstić information content (AvgIpc) is 2.84. The molecule has 150 valence electrons. The van der Waals surface area contributed by atoms with Crippen LogP contribution in [0.2, 0.25) is 0 Å². The summed E-state index contributed by atoms with van der Waals surface area (Å²) in [4.78, 5) is 44.8. The second-order valence-corrected chi connectivity index (χ2v) is 9.54. The Morgan fingerprint density at radius 1 is 1.18 bits per heavy atom. The molecule has 6 nitrogen and oxygen atoms in total. The number of nitrogens with zero attached hydrogens (tertiary/aromatic N) is 3. The van der Waals surface area contributed by atoms with E-state index in [4.69, 9.17) is 0 Å². The highest BCUT2D eigenvalue weighted by Gasteiger charge is 2.56. The molecule has 0 radical (unpaired) electrons. The van der Waals surface area contributed by atoms with Gasteiger partial charge in [0, 0.05) is 23.7 Å². The van der Waals surface area contributed by atoms with Crippen LogP contribution in [0, 0.1) is 0 Å². The Kier molecular flexibility index (Phi) is 5.12. The number of hydrogen-bond acceptors (Lipinski definition) is 4. The highest BCUT2D eigenvalue weighted by atomic mass is 32.2. The van der Waals surface area contributed by atoms with Crippen molar-refractivity contribution in [1.29, 1.82) is 0 Å². The maximum absolute atomic E-state index is 13.2. The van der Waals surface area contributed by atoms with Crippen LogP contribution in [0.4, 0.5) is 10.5 Å². The van der Waals surface area contributed by atoms with Gasteiger partial charge in [0.05, 0.1) is 5.69 Å². The van der Waals surface area contributed by atoms with Gasteiger partial charge in [0.25, 0.3) is 5.91 Å². The van der Waals surface area contributed by atoms with Crippen molar-refractivity contribution in [2.45, 2.75) is 61.1 Å². The molecule has 0 unspecified atom stereocenters. The maximum atomic E-state index is 13.2. The third-order valence-corrected chi connectivity index (χ3v) is 7.56. The number of imide groups is 1. The number of benzene rings is 1. The summed E-state index contributed by atoms with van der Waals surface area (Å²) in [6, 6.07) is 7.53. The van der Waals surface area contributed by atoms with Crippen LogP contribution in [0.5, 0.6) is 0 Å². The van der Waals surface area contributed by atoms with Gasteiger partial charge in [0.15, 0.2) is 0 Å². The first-order valence-electron chi connectivity index (χ1n) is 10.1. The Hall–Kier alpha value is -2.02. The summed E-state index contributed by atoms with van der Waals surface area (Å²) >= 11 is 1.77. The largest absolute Gasteiger partial charge is 0.327 e. The molecule has 1 aromatic carbocycles. The molecule has 7 heteroatoms. The molecular formula is C21H27N3O3S. The van der Waals surface area contributed by atoms with Crippen molar-refractivity contribution in [3.05, 3.63) is 24.3 Å². The Labute approximate surface area is 170 Å². The van der Waals surface area contributed by atoms with E-state index in [1.807, 2.05) is 24.3 Å². The minimum atomic E-state index is -0.739. The standard InChI is InChI=1S/C21H27N3O3S/c1-15-10-13-23(16-8-4-5-9-17(16)28-15)18(25)14-24-19(26)21(22(2)20(24)27)11-6-3-7-12-21/h4-5,8-9,15H,3,6-7,10-14H2,1-2H3/t15-/m0/s1. The SMILES string of the molecule is C[C@H]1CCN(C(=O)CN2C(=O)N(C)C3(CCCCC3)C2=O)c2ccccc2S1. The van der Waals surface area contributed by atoms with Gasteiger partial charge in [-0.2, -0.15) is 0 Å². The quantitative estimate of drug-likeness (QED) is 0.712. The third kappa shape index (κ3) is 3.09. The molecule has 2 fully saturated rings. The zero-order chi connectivity index (χ0) is 19.9. The van der Waals surface area contributed by atoms with Gasteiger partial charge in [-0.1, -0.05) is 38.3 Å².